The molecule has 0 radical (unpaired) electrons. The van der Waals surface area contributed by atoms with E-state index < -0.39 is 6.16 Å². The number of unbranched alkanes of at least 4 members (excludes halogenated alkanes) is 7. The summed E-state index contributed by atoms with van der Waals surface area (Å²) in [6.07, 6.45) is 9.23. The molecule has 0 aromatic heterocycles. The summed E-state index contributed by atoms with van der Waals surface area (Å²) in [5, 5.41) is 0. The molecule has 0 unspecified atom stereocenters. The van der Waals surface area contributed by atoms with Gasteiger partial charge in [0.2, 0.25) is 0 Å². The Morgan fingerprint density at radius 2 is 1.50 bits per heavy atom. The predicted octanol–water partition coefficient (Wildman–Crippen LogP) is 5.34. The molecule has 1 rings (SSSR count). The summed E-state index contributed by atoms with van der Waals surface area (Å²) in [6, 6.07) is 8.98. The number of hydrogen-bond acceptors (Lipinski definition) is 3. The molecule has 1 aromatic carbocycles. The molecule has 0 N–H and O–H groups in total. The van der Waals surface area contributed by atoms with Crippen molar-refractivity contribution in [1.82, 2.24) is 0 Å². The van der Waals surface area contributed by atoms with Gasteiger partial charge in [-0.2, -0.15) is 0 Å². The summed E-state index contributed by atoms with van der Waals surface area (Å²) in [5.74, 6) is 0.522. The Labute approximate surface area is 122 Å². The van der Waals surface area contributed by atoms with Crippen molar-refractivity contribution in [2.75, 3.05) is 6.61 Å². The zero-order chi connectivity index (χ0) is 14.5. The van der Waals surface area contributed by atoms with E-state index >= 15 is 0 Å². The highest BCUT2D eigenvalue weighted by Crippen LogP contribution is 2.10. The van der Waals surface area contributed by atoms with Crippen LogP contribution in [0.1, 0.15) is 58.3 Å². The molecule has 1 aromatic rings. The maximum atomic E-state index is 11.4. The van der Waals surface area contributed by atoms with Gasteiger partial charge in [0.1, 0.15) is 5.75 Å². The highest BCUT2D eigenvalue weighted by atomic mass is 16.7. The normalized spacial score (nSPS) is 10.2. The van der Waals surface area contributed by atoms with Crippen LogP contribution in [-0.4, -0.2) is 12.8 Å². The van der Waals surface area contributed by atoms with Gasteiger partial charge in [-0.25, -0.2) is 4.79 Å². The first-order valence-electron chi connectivity index (χ1n) is 7.72. The van der Waals surface area contributed by atoms with E-state index in [1.165, 1.54) is 38.5 Å². The van der Waals surface area contributed by atoms with E-state index in [1.54, 1.807) is 12.1 Å². The van der Waals surface area contributed by atoms with Gasteiger partial charge in [-0.15, -0.1) is 0 Å². The molecule has 0 spiro atoms. The van der Waals surface area contributed by atoms with Crippen LogP contribution >= 0.6 is 0 Å². The van der Waals surface area contributed by atoms with E-state index in [-0.39, 0.29) is 0 Å². The molecule has 20 heavy (non-hydrogen) atoms. The van der Waals surface area contributed by atoms with Crippen LogP contribution in [-0.2, 0) is 4.74 Å². The van der Waals surface area contributed by atoms with Crippen molar-refractivity contribution in [3.63, 3.8) is 0 Å². The molecule has 3 nitrogen and oxygen atoms in total. The van der Waals surface area contributed by atoms with Crippen molar-refractivity contribution in [2.24, 2.45) is 0 Å². The third-order valence-electron chi connectivity index (χ3n) is 3.16. The maximum Gasteiger partial charge on any atom is 0.513 e. The van der Waals surface area contributed by atoms with Crippen LogP contribution in [0, 0.1) is 0 Å². The third-order valence-corrected chi connectivity index (χ3v) is 3.16. The third kappa shape index (κ3) is 8.57. The number of rotatable bonds is 10. The number of benzene rings is 1. The maximum absolute atomic E-state index is 11.4. The highest BCUT2D eigenvalue weighted by Gasteiger charge is 2.04. The number of carbonyl (C=O) groups is 1. The van der Waals surface area contributed by atoms with Crippen molar-refractivity contribution in [2.45, 2.75) is 58.3 Å². The average Bonchev–Trinajstić information content (AvgIpc) is 2.46. The number of para-hydroxylation sites is 1. The fraction of sp³-hybridized carbons (Fsp3) is 0.588. The van der Waals surface area contributed by atoms with Crippen LogP contribution in [0.5, 0.6) is 5.75 Å². The van der Waals surface area contributed by atoms with E-state index in [2.05, 4.69) is 6.92 Å². The van der Waals surface area contributed by atoms with Gasteiger partial charge in [-0.1, -0.05) is 70.1 Å². The Balaban J connectivity index is 1.92. The van der Waals surface area contributed by atoms with Crippen molar-refractivity contribution >= 4 is 6.16 Å². The Kier molecular flexibility index (Phi) is 9.37. The lowest BCUT2D eigenvalue weighted by Crippen LogP contribution is -2.11. The van der Waals surface area contributed by atoms with Gasteiger partial charge >= 0.3 is 6.16 Å². The lowest BCUT2D eigenvalue weighted by atomic mass is 10.1. The minimum atomic E-state index is -0.612. The summed E-state index contributed by atoms with van der Waals surface area (Å²) in [4.78, 5) is 11.4. The molecule has 0 fully saturated rings. The Morgan fingerprint density at radius 1 is 0.900 bits per heavy atom. The van der Waals surface area contributed by atoms with Crippen LogP contribution in [0.2, 0.25) is 0 Å². The number of ether oxygens (including phenoxy) is 2. The van der Waals surface area contributed by atoms with E-state index in [4.69, 9.17) is 9.47 Å². The summed E-state index contributed by atoms with van der Waals surface area (Å²) in [5.41, 5.74) is 0. The summed E-state index contributed by atoms with van der Waals surface area (Å²) in [7, 11) is 0. The van der Waals surface area contributed by atoms with Crippen LogP contribution in [0.4, 0.5) is 4.79 Å². The Morgan fingerprint density at radius 3 is 2.15 bits per heavy atom. The van der Waals surface area contributed by atoms with Gasteiger partial charge < -0.3 is 9.47 Å². The van der Waals surface area contributed by atoms with Crippen LogP contribution in [0.3, 0.4) is 0 Å². The molecule has 0 atom stereocenters. The first kappa shape index (κ1) is 16.5. The van der Waals surface area contributed by atoms with Crippen molar-refractivity contribution in [3.8, 4) is 5.75 Å². The highest BCUT2D eigenvalue weighted by molar-refractivity contribution is 5.63. The first-order chi connectivity index (χ1) is 9.83. The molecule has 0 saturated carbocycles. The Bertz CT molecular complexity index is 349. The standard InChI is InChI=1S/C17H26O3/c1-2-3-4-5-6-7-8-12-15-19-17(18)20-16-13-10-9-11-14-16/h9-11,13-14H,2-8,12,15H2,1H3. The molecule has 112 valence electrons. The molecule has 0 amide bonds. The van der Waals surface area contributed by atoms with Gasteiger partial charge in [-0.05, 0) is 18.6 Å². The molecular weight excluding hydrogens is 252 g/mol. The average molecular weight is 278 g/mol. The molecule has 3 heteroatoms. The second-order valence-corrected chi connectivity index (χ2v) is 4.99. The minimum Gasteiger partial charge on any atom is -0.434 e. The monoisotopic (exact) mass is 278 g/mol. The summed E-state index contributed by atoms with van der Waals surface area (Å²) >= 11 is 0. The lowest BCUT2D eigenvalue weighted by molar-refractivity contribution is 0.0973. The van der Waals surface area contributed by atoms with Crippen LogP contribution in [0.25, 0.3) is 0 Å². The van der Waals surface area contributed by atoms with Crippen molar-refractivity contribution < 1.29 is 14.3 Å². The minimum absolute atomic E-state index is 0.445. The second kappa shape index (κ2) is 11.3. The van der Waals surface area contributed by atoms with Gasteiger partial charge in [0.05, 0.1) is 6.61 Å². The largest absolute Gasteiger partial charge is 0.513 e. The van der Waals surface area contributed by atoms with E-state index in [9.17, 15) is 4.79 Å². The predicted molar refractivity (Wildman–Crippen MR) is 81.0 cm³/mol. The molecule has 0 saturated heterocycles. The van der Waals surface area contributed by atoms with Gasteiger partial charge in [-0.3, -0.25) is 0 Å². The van der Waals surface area contributed by atoms with Crippen LogP contribution in [0.15, 0.2) is 30.3 Å². The Hall–Kier alpha value is -1.51. The van der Waals surface area contributed by atoms with Crippen molar-refractivity contribution in [3.05, 3.63) is 30.3 Å². The quantitative estimate of drug-likeness (QED) is 0.329. The van der Waals surface area contributed by atoms with Gasteiger partial charge in [0, 0.05) is 0 Å². The molecule has 0 heterocycles. The molecule has 0 bridgehead atoms. The fourth-order valence-electron chi connectivity index (χ4n) is 2.01. The van der Waals surface area contributed by atoms with Crippen molar-refractivity contribution in [1.29, 1.82) is 0 Å². The molecule has 0 aliphatic rings. The number of carbonyl (C=O) groups excluding carboxylic acids is 1. The zero-order valence-electron chi connectivity index (χ0n) is 12.5. The molecular formula is C17H26O3. The zero-order valence-corrected chi connectivity index (χ0v) is 12.5. The molecule has 0 aliphatic carbocycles. The van der Waals surface area contributed by atoms with E-state index in [0.717, 1.165) is 12.8 Å². The molecule has 0 aliphatic heterocycles. The topological polar surface area (TPSA) is 35.5 Å². The SMILES string of the molecule is CCCCCCCCCCOC(=O)Oc1ccccc1. The van der Waals surface area contributed by atoms with E-state index in [0.29, 0.717) is 12.4 Å². The summed E-state index contributed by atoms with van der Waals surface area (Å²) < 4.78 is 10.1. The lowest BCUT2D eigenvalue weighted by Gasteiger charge is -2.05. The van der Waals surface area contributed by atoms with Gasteiger partial charge in [0.25, 0.3) is 0 Å². The second-order valence-electron chi connectivity index (χ2n) is 4.99. The first-order valence-corrected chi connectivity index (χ1v) is 7.72. The summed E-state index contributed by atoms with van der Waals surface area (Å²) in [6.45, 7) is 2.67. The van der Waals surface area contributed by atoms with Gasteiger partial charge in [0.15, 0.2) is 0 Å². The number of hydrogen-bond donors (Lipinski definition) is 0. The van der Waals surface area contributed by atoms with Crippen LogP contribution < -0.4 is 4.74 Å². The van der Waals surface area contributed by atoms with E-state index in [1.807, 2.05) is 18.2 Å². The smallest absolute Gasteiger partial charge is 0.434 e. The fourth-order valence-corrected chi connectivity index (χ4v) is 2.01.